The number of methoxy groups -OCH3 is 1. The van der Waals surface area contributed by atoms with E-state index >= 15 is 0 Å². The molecule has 1 aromatic rings. The number of carbonyl (C=O) groups is 2. The lowest BCUT2D eigenvalue weighted by molar-refractivity contribution is -0.115. The van der Waals surface area contributed by atoms with E-state index in [1.54, 1.807) is 18.2 Å². The van der Waals surface area contributed by atoms with E-state index in [-0.39, 0.29) is 0 Å². The lowest BCUT2D eigenvalue weighted by atomic mass is 9.42. The van der Waals surface area contributed by atoms with E-state index in [2.05, 4.69) is 10.1 Å². The van der Waals surface area contributed by atoms with Crippen LogP contribution in [0.2, 0.25) is 5.11 Å². The van der Waals surface area contributed by atoms with Gasteiger partial charge >= 0.3 is 5.97 Å². The van der Waals surface area contributed by atoms with Gasteiger partial charge in [-0.2, -0.15) is 0 Å². The highest BCUT2D eigenvalue weighted by Gasteiger charge is 2.19. The molecular weight excluding hydrogens is 215 g/mol. The largest absolute Gasteiger partial charge is 0.465 e. The van der Waals surface area contributed by atoms with Crippen LogP contribution in [0.25, 0.3) is 0 Å². The van der Waals surface area contributed by atoms with Gasteiger partial charge in [0.25, 0.3) is 0 Å². The fraction of sp³-hybridized carbons (Fsp3) is 0.200. The lowest BCUT2D eigenvalue weighted by Gasteiger charge is -2.19. The summed E-state index contributed by atoms with van der Waals surface area (Å²) in [5.41, 5.74) is 0.644. The fourth-order valence-electron chi connectivity index (χ4n) is 1.08. The van der Waals surface area contributed by atoms with Gasteiger partial charge in [-0.15, -0.1) is 0 Å². The average Bonchev–Trinajstić information content (AvgIpc) is 2.27. The number of nitrogens with one attached hydrogen (secondary N) is 1. The van der Waals surface area contributed by atoms with Crippen LogP contribution >= 0.6 is 0 Å². The third-order valence-corrected chi connectivity index (χ3v) is 1.93. The zero-order valence-corrected chi connectivity index (χ0v) is 9.27. The number of amides is 1. The Kier molecular flexibility index (Phi) is 4.04. The molecule has 0 aliphatic heterocycles. The molecule has 0 heterocycles. The Morgan fingerprint density at radius 3 is 2.47 bits per heavy atom. The molecule has 4 nitrogen and oxygen atoms in total. The monoisotopic (exact) mass is 223 g/mol. The molecule has 1 aromatic carbocycles. The van der Waals surface area contributed by atoms with Crippen LogP contribution in [0.4, 0.5) is 5.69 Å². The third kappa shape index (κ3) is 3.69. The number of carbonyl (C=O) groups excluding carboxylic acids is 2. The Labute approximate surface area is 103 Å². The van der Waals surface area contributed by atoms with Gasteiger partial charge in [-0.3, -0.25) is 4.79 Å². The fourth-order valence-corrected chi connectivity index (χ4v) is 1.08. The molecule has 1 amide bonds. The van der Waals surface area contributed by atoms with Gasteiger partial charge in [0, 0.05) is 5.69 Å². The standard InChI is InChI=1S/C10H8B3NO3/c1-17-8(15)6-3-2-4-7(5-6)14-9(16)10(11,12)13/h2-5H,1H3,(H,14,16). The van der Waals surface area contributed by atoms with Gasteiger partial charge in [0.15, 0.2) is 0 Å². The Morgan fingerprint density at radius 2 is 1.94 bits per heavy atom. The topological polar surface area (TPSA) is 55.4 Å². The molecule has 1 N–H and O–H groups in total. The van der Waals surface area contributed by atoms with Crippen molar-refractivity contribution in [3.05, 3.63) is 29.8 Å². The third-order valence-electron chi connectivity index (χ3n) is 1.93. The molecule has 6 radical (unpaired) electrons. The molecule has 0 saturated carbocycles. The van der Waals surface area contributed by atoms with Crippen LogP contribution in [0.15, 0.2) is 24.3 Å². The molecule has 0 bridgehead atoms. The highest BCUT2D eigenvalue weighted by molar-refractivity contribution is 6.69. The van der Waals surface area contributed by atoms with E-state index in [0.717, 1.165) is 0 Å². The summed E-state index contributed by atoms with van der Waals surface area (Å²) in [4.78, 5) is 22.6. The van der Waals surface area contributed by atoms with Crippen molar-refractivity contribution < 1.29 is 14.3 Å². The van der Waals surface area contributed by atoms with Gasteiger partial charge in [0.05, 0.1) is 36.2 Å². The summed E-state index contributed by atoms with van der Waals surface area (Å²) < 4.78 is 4.54. The summed E-state index contributed by atoms with van der Waals surface area (Å²) in [5.74, 6) is -1.28. The van der Waals surface area contributed by atoms with Gasteiger partial charge in [-0.05, 0) is 18.2 Å². The van der Waals surface area contributed by atoms with Crippen molar-refractivity contribution in [1.29, 1.82) is 0 Å². The number of benzene rings is 1. The van der Waals surface area contributed by atoms with Crippen LogP contribution in [-0.4, -0.2) is 42.5 Å². The van der Waals surface area contributed by atoms with Gasteiger partial charge < -0.3 is 10.1 Å². The molecule has 0 aliphatic carbocycles. The number of anilines is 1. The second-order valence-electron chi connectivity index (χ2n) is 3.46. The molecule has 7 heteroatoms. The van der Waals surface area contributed by atoms with Gasteiger partial charge in [0.2, 0.25) is 5.91 Å². The van der Waals surface area contributed by atoms with Crippen LogP contribution in [0.1, 0.15) is 10.4 Å². The molecule has 0 saturated heterocycles. The molecule has 0 fully saturated rings. The maximum atomic E-state index is 11.4. The van der Waals surface area contributed by atoms with Crippen LogP contribution < -0.4 is 5.32 Å². The van der Waals surface area contributed by atoms with E-state index in [1.165, 1.54) is 13.2 Å². The van der Waals surface area contributed by atoms with Crippen molar-refractivity contribution in [2.45, 2.75) is 5.11 Å². The molecular formula is C10H8B3NO3. The van der Waals surface area contributed by atoms with Crippen molar-refractivity contribution in [3.8, 4) is 0 Å². The first-order valence-corrected chi connectivity index (χ1v) is 4.71. The van der Waals surface area contributed by atoms with Gasteiger partial charge in [-0.25, -0.2) is 4.79 Å². The molecule has 17 heavy (non-hydrogen) atoms. The van der Waals surface area contributed by atoms with Crippen LogP contribution in [0, 0.1) is 0 Å². The summed E-state index contributed by atoms with van der Waals surface area (Å²) in [5, 5.41) is 0.409. The molecule has 0 spiro atoms. The maximum Gasteiger partial charge on any atom is 0.337 e. The van der Waals surface area contributed by atoms with Gasteiger partial charge in [0.1, 0.15) is 0 Å². The Hall–Kier alpha value is -1.65. The van der Waals surface area contributed by atoms with Crippen LogP contribution in [0.3, 0.4) is 0 Å². The van der Waals surface area contributed by atoms with Crippen LogP contribution in [0.5, 0.6) is 0 Å². The van der Waals surface area contributed by atoms with E-state index < -0.39 is 17.0 Å². The summed E-state index contributed by atoms with van der Waals surface area (Å²) in [7, 11) is 16.9. The molecule has 1 rings (SSSR count). The molecule has 0 unspecified atom stereocenters. The smallest absolute Gasteiger partial charge is 0.337 e. The summed E-state index contributed by atoms with van der Waals surface area (Å²) >= 11 is 0. The Balaban J connectivity index is 2.87. The first kappa shape index (κ1) is 13.4. The van der Waals surface area contributed by atoms with E-state index in [4.69, 9.17) is 23.5 Å². The maximum absolute atomic E-state index is 11.4. The predicted molar refractivity (Wildman–Crippen MR) is 66.4 cm³/mol. The minimum Gasteiger partial charge on any atom is -0.465 e. The second kappa shape index (κ2) is 5.12. The van der Waals surface area contributed by atoms with Crippen molar-refractivity contribution in [1.82, 2.24) is 0 Å². The van der Waals surface area contributed by atoms with Gasteiger partial charge in [-0.1, -0.05) is 11.2 Å². The normalized spacial score (nSPS) is 10.6. The summed E-state index contributed by atoms with van der Waals surface area (Å²) in [6.45, 7) is 0. The second-order valence-corrected chi connectivity index (χ2v) is 3.46. The quantitative estimate of drug-likeness (QED) is 0.578. The Bertz CT molecular complexity index is 443. The Morgan fingerprint density at radius 1 is 1.29 bits per heavy atom. The van der Waals surface area contributed by atoms with E-state index in [0.29, 0.717) is 11.3 Å². The van der Waals surface area contributed by atoms with Crippen LogP contribution in [-0.2, 0) is 9.53 Å². The van der Waals surface area contributed by atoms with E-state index in [9.17, 15) is 9.59 Å². The number of esters is 1. The first-order chi connectivity index (χ1) is 7.84. The average molecular weight is 223 g/mol. The van der Waals surface area contributed by atoms with Crippen molar-refractivity contribution >= 4 is 41.1 Å². The lowest BCUT2D eigenvalue weighted by Crippen LogP contribution is -2.31. The number of ether oxygens (including phenoxy) is 1. The molecule has 0 aromatic heterocycles. The zero-order valence-electron chi connectivity index (χ0n) is 9.27. The van der Waals surface area contributed by atoms with Crippen molar-refractivity contribution in [3.63, 3.8) is 0 Å². The molecule has 0 atom stereocenters. The SMILES string of the molecule is [B]C([B])([B])C(=O)Nc1cccc(C(=O)OC)c1. The minimum absolute atomic E-state index is 0.293. The highest BCUT2D eigenvalue weighted by atomic mass is 16.5. The zero-order chi connectivity index (χ0) is 13.1. The molecule has 80 valence electrons. The highest BCUT2D eigenvalue weighted by Crippen LogP contribution is 2.16. The number of rotatable bonds is 3. The number of hydrogen-bond donors (Lipinski definition) is 1. The van der Waals surface area contributed by atoms with E-state index in [1.807, 2.05) is 0 Å². The first-order valence-electron chi connectivity index (χ1n) is 4.71. The summed E-state index contributed by atoms with van der Waals surface area (Å²) in [6, 6.07) is 6.11. The minimum atomic E-state index is -1.97. The number of hydrogen-bond acceptors (Lipinski definition) is 3. The predicted octanol–water partition coefficient (Wildman–Crippen LogP) is -0.00910. The molecule has 0 aliphatic rings. The van der Waals surface area contributed by atoms with Crippen molar-refractivity contribution in [2.24, 2.45) is 0 Å². The summed E-state index contributed by atoms with van der Waals surface area (Å²) in [6.07, 6.45) is 0. The van der Waals surface area contributed by atoms with Crippen molar-refractivity contribution in [2.75, 3.05) is 12.4 Å².